The highest BCUT2D eigenvalue weighted by Crippen LogP contribution is 2.26. The first-order chi connectivity index (χ1) is 9.46. The van der Waals surface area contributed by atoms with Crippen LogP contribution in [0, 0.1) is 5.92 Å². The normalized spacial score (nSPS) is 17.9. The number of carbonyl (C=O) groups excluding carboxylic acids is 1. The predicted molar refractivity (Wildman–Crippen MR) is 76.5 cm³/mol. The summed E-state index contributed by atoms with van der Waals surface area (Å²) in [6.45, 7) is 0.749. The quantitative estimate of drug-likeness (QED) is 0.816. The van der Waals surface area contributed by atoms with E-state index in [0.717, 1.165) is 11.3 Å². The Kier molecular flexibility index (Phi) is 4.65. The first kappa shape index (κ1) is 14.8. The summed E-state index contributed by atoms with van der Waals surface area (Å²) in [6, 6.07) is 7.69. The van der Waals surface area contributed by atoms with E-state index in [0.29, 0.717) is 26.0 Å². The minimum absolute atomic E-state index is 0.0759. The molecule has 1 amide bonds. The second-order valence-electron chi connectivity index (χ2n) is 5.09. The van der Waals surface area contributed by atoms with Crippen molar-refractivity contribution in [1.29, 1.82) is 0 Å². The molecule has 0 bridgehead atoms. The molecule has 2 rings (SSSR count). The van der Waals surface area contributed by atoms with Crippen molar-refractivity contribution < 1.29 is 17.9 Å². The summed E-state index contributed by atoms with van der Waals surface area (Å²) in [5.41, 5.74) is 1.04. The van der Waals surface area contributed by atoms with Gasteiger partial charge in [0.05, 0.1) is 11.7 Å². The molecule has 1 aliphatic rings. The molecule has 1 N–H and O–H groups in total. The van der Waals surface area contributed by atoms with Gasteiger partial charge in [-0.15, -0.1) is 0 Å². The minimum atomic E-state index is -2.96. The molecule has 0 aliphatic carbocycles. The Morgan fingerprint density at radius 2 is 2.15 bits per heavy atom. The van der Waals surface area contributed by atoms with Gasteiger partial charge in [0.25, 0.3) is 0 Å². The number of hydrogen-bond acceptors (Lipinski definition) is 4. The van der Waals surface area contributed by atoms with Gasteiger partial charge >= 0.3 is 0 Å². The minimum Gasteiger partial charge on any atom is -0.492 e. The van der Waals surface area contributed by atoms with Crippen molar-refractivity contribution in [1.82, 2.24) is 5.32 Å². The molecule has 0 fully saturated rings. The highest BCUT2D eigenvalue weighted by Gasteiger charge is 2.25. The second-order valence-corrected chi connectivity index (χ2v) is 7.35. The van der Waals surface area contributed by atoms with E-state index in [2.05, 4.69) is 5.32 Å². The number of benzene rings is 1. The maximum absolute atomic E-state index is 12.0. The lowest BCUT2D eigenvalue weighted by Gasteiger charge is -2.24. The van der Waals surface area contributed by atoms with Crippen molar-refractivity contribution in [2.24, 2.45) is 5.92 Å². The first-order valence-electron chi connectivity index (χ1n) is 6.62. The van der Waals surface area contributed by atoms with Gasteiger partial charge in [-0.1, -0.05) is 18.2 Å². The van der Waals surface area contributed by atoms with Gasteiger partial charge in [-0.05, 0) is 24.5 Å². The molecule has 1 aliphatic heterocycles. The molecule has 1 aromatic rings. The lowest BCUT2D eigenvalue weighted by atomic mass is 9.96. The molecule has 20 heavy (non-hydrogen) atoms. The fraction of sp³-hybridized carbons (Fsp3) is 0.500. The topological polar surface area (TPSA) is 72.5 Å². The monoisotopic (exact) mass is 297 g/mol. The number of hydrogen-bond donors (Lipinski definition) is 1. The van der Waals surface area contributed by atoms with Gasteiger partial charge in [0.2, 0.25) is 5.91 Å². The van der Waals surface area contributed by atoms with Crippen LogP contribution in [0.5, 0.6) is 5.75 Å². The number of carbonyl (C=O) groups is 1. The predicted octanol–water partition coefficient (Wildman–Crippen LogP) is 0.789. The Balaban J connectivity index is 1.80. The third kappa shape index (κ3) is 4.23. The van der Waals surface area contributed by atoms with Gasteiger partial charge in [-0.3, -0.25) is 4.79 Å². The SMILES string of the molecule is CS(=O)(=O)CCCNC(=O)[C@H]1COc2ccccc2C1. The molecule has 0 saturated carbocycles. The fourth-order valence-electron chi connectivity index (χ4n) is 2.19. The van der Waals surface area contributed by atoms with Crippen molar-refractivity contribution in [3.8, 4) is 5.75 Å². The van der Waals surface area contributed by atoms with Crippen molar-refractivity contribution in [3.63, 3.8) is 0 Å². The van der Waals surface area contributed by atoms with Crippen LogP contribution in [0.4, 0.5) is 0 Å². The molecule has 1 aromatic carbocycles. The average Bonchev–Trinajstić information content (AvgIpc) is 2.42. The highest BCUT2D eigenvalue weighted by molar-refractivity contribution is 7.90. The molecule has 0 unspecified atom stereocenters. The van der Waals surface area contributed by atoms with Gasteiger partial charge < -0.3 is 10.1 Å². The van der Waals surface area contributed by atoms with Crippen molar-refractivity contribution >= 4 is 15.7 Å². The molecular formula is C14H19NO4S. The summed E-state index contributed by atoms with van der Waals surface area (Å²) in [5, 5.41) is 2.77. The molecule has 0 saturated heterocycles. The van der Waals surface area contributed by atoms with Crippen LogP contribution in [0.15, 0.2) is 24.3 Å². The van der Waals surface area contributed by atoms with Crippen LogP contribution in [0.2, 0.25) is 0 Å². The van der Waals surface area contributed by atoms with E-state index in [1.54, 1.807) is 0 Å². The average molecular weight is 297 g/mol. The van der Waals surface area contributed by atoms with Crippen LogP contribution in [0.25, 0.3) is 0 Å². The second kappa shape index (κ2) is 6.26. The van der Waals surface area contributed by atoms with Crippen LogP contribution in [0.1, 0.15) is 12.0 Å². The molecule has 5 nitrogen and oxygen atoms in total. The molecule has 1 atom stereocenters. The number of ether oxygens (including phenoxy) is 1. The number of fused-ring (bicyclic) bond motifs is 1. The smallest absolute Gasteiger partial charge is 0.226 e. The number of amides is 1. The zero-order valence-electron chi connectivity index (χ0n) is 11.5. The third-order valence-corrected chi connectivity index (χ3v) is 4.27. The molecule has 0 spiro atoms. The molecule has 6 heteroatoms. The van der Waals surface area contributed by atoms with Crippen LogP contribution >= 0.6 is 0 Å². The summed E-state index contributed by atoms with van der Waals surface area (Å²) >= 11 is 0. The number of para-hydroxylation sites is 1. The number of rotatable bonds is 5. The Morgan fingerprint density at radius 1 is 1.40 bits per heavy atom. The van der Waals surface area contributed by atoms with E-state index in [1.165, 1.54) is 6.26 Å². The third-order valence-electron chi connectivity index (χ3n) is 3.24. The van der Waals surface area contributed by atoms with E-state index in [1.807, 2.05) is 24.3 Å². The van der Waals surface area contributed by atoms with Gasteiger partial charge in [0.15, 0.2) is 0 Å². The van der Waals surface area contributed by atoms with Crippen LogP contribution in [-0.4, -0.2) is 39.5 Å². The number of nitrogens with one attached hydrogen (secondary N) is 1. The Hall–Kier alpha value is -1.56. The van der Waals surface area contributed by atoms with Gasteiger partial charge in [0, 0.05) is 12.8 Å². The van der Waals surface area contributed by atoms with Gasteiger partial charge in [0.1, 0.15) is 22.2 Å². The van der Waals surface area contributed by atoms with E-state index in [4.69, 9.17) is 4.74 Å². The molecule has 0 aromatic heterocycles. The van der Waals surface area contributed by atoms with E-state index in [-0.39, 0.29) is 17.6 Å². The molecule has 1 heterocycles. The largest absolute Gasteiger partial charge is 0.492 e. The maximum Gasteiger partial charge on any atom is 0.226 e. The van der Waals surface area contributed by atoms with Gasteiger partial charge in [-0.2, -0.15) is 0 Å². The summed E-state index contributed by atoms with van der Waals surface area (Å²) in [5.74, 6) is 0.654. The molecule has 110 valence electrons. The van der Waals surface area contributed by atoms with Crippen molar-refractivity contribution in [2.45, 2.75) is 12.8 Å². The molecule has 0 radical (unpaired) electrons. The zero-order chi connectivity index (χ0) is 14.6. The van der Waals surface area contributed by atoms with E-state index < -0.39 is 9.84 Å². The van der Waals surface area contributed by atoms with E-state index in [9.17, 15) is 13.2 Å². The Bertz CT molecular complexity index is 583. The summed E-state index contributed by atoms with van der Waals surface area (Å²) < 4.78 is 27.5. The van der Waals surface area contributed by atoms with Crippen LogP contribution < -0.4 is 10.1 Å². The lowest BCUT2D eigenvalue weighted by Crippen LogP contribution is -2.38. The van der Waals surface area contributed by atoms with Crippen molar-refractivity contribution in [2.75, 3.05) is 25.2 Å². The summed E-state index contributed by atoms with van der Waals surface area (Å²) in [6.07, 6.45) is 2.30. The summed E-state index contributed by atoms with van der Waals surface area (Å²) in [4.78, 5) is 12.0. The van der Waals surface area contributed by atoms with Crippen LogP contribution in [0.3, 0.4) is 0 Å². The Morgan fingerprint density at radius 3 is 2.90 bits per heavy atom. The standard InChI is InChI=1S/C14H19NO4S/c1-20(17,18)8-4-7-15-14(16)12-9-11-5-2-3-6-13(11)19-10-12/h2-3,5-6,12H,4,7-10H2,1H3,(H,15,16)/t12-/m1/s1. The van der Waals surface area contributed by atoms with Crippen molar-refractivity contribution in [3.05, 3.63) is 29.8 Å². The Labute approximate surface area is 119 Å². The number of sulfone groups is 1. The molecular weight excluding hydrogens is 278 g/mol. The highest BCUT2D eigenvalue weighted by atomic mass is 32.2. The van der Waals surface area contributed by atoms with E-state index >= 15 is 0 Å². The first-order valence-corrected chi connectivity index (χ1v) is 8.68. The fourth-order valence-corrected chi connectivity index (χ4v) is 2.86. The maximum atomic E-state index is 12.0. The zero-order valence-corrected chi connectivity index (χ0v) is 12.3. The van der Waals surface area contributed by atoms with Crippen LogP contribution in [-0.2, 0) is 21.1 Å². The summed E-state index contributed by atoms with van der Waals surface area (Å²) in [7, 11) is -2.96. The van der Waals surface area contributed by atoms with Gasteiger partial charge in [-0.25, -0.2) is 8.42 Å². The lowest BCUT2D eigenvalue weighted by molar-refractivity contribution is -0.126.